The van der Waals surface area contributed by atoms with E-state index in [0.29, 0.717) is 12.6 Å². The second-order valence-corrected chi connectivity index (χ2v) is 5.67. The van der Waals surface area contributed by atoms with Crippen LogP contribution in [0.1, 0.15) is 19.4 Å². The quantitative estimate of drug-likeness (QED) is 0.856. The number of hydrogen-bond acceptors (Lipinski definition) is 4. The van der Waals surface area contributed by atoms with Crippen LogP contribution in [-0.4, -0.2) is 55.2 Å². The van der Waals surface area contributed by atoms with Gasteiger partial charge in [0.05, 0.1) is 0 Å². The molecule has 0 saturated carbocycles. The minimum absolute atomic E-state index is 0.584. The molecule has 1 aliphatic heterocycles. The molecule has 0 spiro atoms. The van der Waals surface area contributed by atoms with Crippen molar-refractivity contribution in [2.75, 3.05) is 39.3 Å². The van der Waals surface area contributed by atoms with Gasteiger partial charge in [0.2, 0.25) is 0 Å². The van der Waals surface area contributed by atoms with Crippen molar-refractivity contribution >= 4 is 0 Å². The number of nitrogens with zero attached hydrogens (tertiary/aromatic N) is 2. The summed E-state index contributed by atoms with van der Waals surface area (Å²) in [5, 5.41) is 0. The van der Waals surface area contributed by atoms with Crippen molar-refractivity contribution in [1.29, 1.82) is 0 Å². The Balaban J connectivity index is 1.66. The van der Waals surface area contributed by atoms with Crippen LogP contribution in [0.4, 0.5) is 0 Å². The lowest BCUT2D eigenvalue weighted by Crippen LogP contribution is -2.49. The number of nitrogens with two attached hydrogens (primary N) is 1. The monoisotopic (exact) mass is 277 g/mol. The highest BCUT2D eigenvalue weighted by Gasteiger charge is 2.18. The maximum Gasteiger partial charge on any atom is 0.119 e. The molecule has 0 atom stereocenters. The van der Waals surface area contributed by atoms with Crippen LogP contribution in [0.15, 0.2) is 24.3 Å². The van der Waals surface area contributed by atoms with Crippen LogP contribution in [0.2, 0.25) is 0 Å². The summed E-state index contributed by atoms with van der Waals surface area (Å²) in [4.78, 5) is 5.01. The summed E-state index contributed by atoms with van der Waals surface area (Å²) in [6, 6.07) is 8.71. The van der Waals surface area contributed by atoms with E-state index in [0.717, 1.165) is 37.6 Å². The molecular weight excluding hydrogens is 250 g/mol. The average molecular weight is 277 g/mol. The lowest BCUT2D eigenvalue weighted by atomic mass is 10.2. The number of piperazine rings is 1. The zero-order valence-electron chi connectivity index (χ0n) is 12.7. The number of benzene rings is 1. The summed E-state index contributed by atoms with van der Waals surface area (Å²) in [5.74, 6) is 0.933. The molecule has 1 aromatic carbocycles. The maximum atomic E-state index is 5.79. The van der Waals surface area contributed by atoms with E-state index in [4.69, 9.17) is 10.5 Å². The van der Waals surface area contributed by atoms with E-state index in [2.05, 4.69) is 23.6 Å². The molecule has 4 nitrogen and oxygen atoms in total. The highest BCUT2D eigenvalue weighted by atomic mass is 16.5. The SMILES string of the molecule is CC(C)N1CCN(CCOc2ccc(CN)cc2)CC1. The molecule has 0 aliphatic carbocycles. The Bertz CT molecular complexity index is 383. The second-order valence-electron chi connectivity index (χ2n) is 5.67. The van der Waals surface area contributed by atoms with Crippen molar-refractivity contribution in [1.82, 2.24) is 9.80 Å². The van der Waals surface area contributed by atoms with Crippen molar-refractivity contribution in [2.24, 2.45) is 5.73 Å². The van der Waals surface area contributed by atoms with E-state index in [-0.39, 0.29) is 0 Å². The van der Waals surface area contributed by atoms with Crippen molar-refractivity contribution in [2.45, 2.75) is 26.4 Å². The molecule has 1 aliphatic rings. The van der Waals surface area contributed by atoms with Gasteiger partial charge in [0.25, 0.3) is 0 Å². The lowest BCUT2D eigenvalue weighted by Gasteiger charge is -2.36. The molecule has 20 heavy (non-hydrogen) atoms. The number of rotatable bonds is 6. The minimum Gasteiger partial charge on any atom is -0.492 e. The summed E-state index contributed by atoms with van der Waals surface area (Å²) in [7, 11) is 0. The van der Waals surface area contributed by atoms with E-state index in [1.54, 1.807) is 0 Å². The van der Waals surface area contributed by atoms with E-state index in [1.165, 1.54) is 13.1 Å². The van der Waals surface area contributed by atoms with E-state index >= 15 is 0 Å². The fraction of sp³-hybridized carbons (Fsp3) is 0.625. The number of ether oxygens (including phenoxy) is 1. The standard InChI is InChI=1S/C16H27N3O/c1-14(2)19-9-7-18(8-10-19)11-12-20-16-5-3-15(13-17)4-6-16/h3-6,14H,7-13,17H2,1-2H3. The summed E-state index contributed by atoms with van der Waals surface area (Å²) in [5.41, 5.74) is 6.72. The van der Waals surface area contributed by atoms with Gasteiger partial charge >= 0.3 is 0 Å². The molecule has 0 bridgehead atoms. The van der Waals surface area contributed by atoms with Gasteiger partial charge in [-0.3, -0.25) is 9.80 Å². The van der Waals surface area contributed by atoms with E-state index in [1.807, 2.05) is 24.3 Å². The van der Waals surface area contributed by atoms with Crippen LogP contribution in [-0.2, 0) is 6.54 Å². The molecule has 0 unspecified atom stereocenters. The fourth-order valence-corrected chi connectivity index (χ4v) is 2.52. The normalized spacial score (nSPS) is 17.6. The molecular formula is C16H27N3O. The Morgan fingerprint density at radius 1 is 1.10 bits per heavy atom. The fourth-order valence-electron chi connectivity index (χ4n) is 2.52. The van der Waals surface area contributed by atoms with E-state index < -0.39 is 0 Å². The first-order chi connectivity index (χ1) is 9.69. The zero-order chi connectivity index (χ0) is 14.4. The molecule has 2 N–H and O–H groups in total. The topological polar surface area (TPSA) is 41.7 Å². The summed E-state index contributed by atoms with van der Waals surface area (Å²) < 4.78 is 5.79. The summed E-state index contributed by atoms with van der Waals surface area (Å²) in [6.07, 6.45) is 0. The third kappa shape index (κ3) is 4.47. The van der Waals surface area contributed by atoms with Gasteiger partial charge in [0.15, 0.2) is 0 Å². The van der Waals surface area contributed by atoms with Crippen molar-refractivity contribution < 1.29 is 4.74 Å². The van der Waals surface area contributed by atoms with Gasteiger partial charge < -0.3 is 10.5 Å². The van der Waals surface area contributed by atoms with Crippen molar-refractivity contribution in [3.63, 3.8) is 0 Å². The first kappa shape index (κ1) is 15.3. The predicted octanol–water partition coefficient (Wildman–Crippen LogP) is 1.55. The zero-order valence-corrected chi connectivity index (χ0v) is 12.7. The predicted molar refractivity (Wildman–Crippen MR) is 83.0 cm³/mol. The summed E-state index contributed by atoms with van der Waals surface area (Å²) in [6.45, 7) is 11.5. The lowest BCUT2D eigenvalue weighted by molar-refractivity contribution is 0.0971. The van der Waals surface area contributed by atoms with Crippen LogP contribution >= 0.6 is 0 Å². The Morgan fingerprint density at radius 3 is 2.30 bits per heavy atom. The Morgan fingerprint density at radius 2 is 1.75 bits per heavy atom. The Hall–Kier alpha value is -1.10. The smallest absolute Gasteiger partial charge is 0.119 e. The van der Waals surface area contributed by atoms with Crippen LogP contribution in [0, 0.1) is 0 Å². The third-order valence-corrected chi connectivity index (χ3v) is 3.97. The molecule has 1 heterocycles. The molecule has 0 amide bonds. The molecule has 1 aromatic rings. The third-order valence-electron chi connectivity index (χ3n) is 3.97. The molecule has 1 saturated heterocycles. The molecule has 2 rings (SSSR count). The van der Waals surface area contributed by atoms with Gasteiger partial charge in [0.1, 0.15) is 12.4 Å². The van der Waals surface area contributed by atoms with Gasteiger partial charge in [-0.25, -0.2) is 0 Å². The Labute approximate surface area is 122 Å². The maximum absolute atomic E-state index is 5.79. The highest BCUT2D eigenvalue weighted by molar-refractivity contribution is 5.27. The average Bonchev–Trinajstić information content (AvgIpc) is 2.48. The van der Waals surface area contributed by atoms with Crippen LogP contribution in [0.5, 0.6) is 5.75 Å². The van der Waals surface area contributed by atoms with E-state index in [9.17, 15) is 0 Å². The van der Waals surface area contributed by atoms with Gasteiger partial charge in [0, 0.05) is 45.3 Å². The van der Waals surface area contributed by atoms with Crippen LogP contribution < -0.4 is 10.5 Å². The first-order valence-electron chi connectivity index (χ1n) is 7.57. The van der Waals surface area contributed by atoms with Gasteiger partial charge in [-0.05, 0) is 31.5 Å². The van der Waals surface area contributed by atoms with Gasteiger partial charge in [-0.15, -0.1) is 0 Å². The van der Waals surface area contributed by atoms with Gasteiger partial charge in [-0.2, -0.15) is 0 Å². The molecule has 1 fully saturated rings. The second kappa shape index (κ2) is 7.62. The highest BCUT2D eigenvalue weighted by Crippen LogP contribution is 2.12. The molecule has 4 heteroatoms. The summed E-state index contributed by atoms with van der Waals surface area (Å²) >= 11 is 0. The Kier molecular flexibility index (Phi) is 5.83. The van der Waals surface area contributed by atoms with Crippen molar-refractivity contribution in [3.05, 3.63) is 29.8 Å². The molecule has 0 radical (unpaired) electrons. The van der Waals surface area contributed by atoms with Crippen LogP contribution in [0.3, 0.4) is 0 Å². The van der Waals surface area contributed by atoms with Crippen LogP contribution in [0.25, 0.3) is 0 Å². The number of hydrogen-bond donors (Lipinski definition) is 1. The molecule has 112 valence electrons. The largest absolute Gasteiger partial charge is 0.492 e. The van der Waals surface area contributed by atoms with Crippen molar-refractivity contribution in [3.8, 4) is 5.75 Å². The first-order valence-corrected chi connectivity index (χ1v) is 7.57. The van der Waals surface area contributed by atoms with Gasteiger partial charge in [-0.1, -0.05) is 12.1 Å². The minimum atomic E-state index is 0.584. The molecule has 0 aromatic heterocycles.